The lowest BCUT2D eigenvalue weighted by Crippen LogP contribution is -2.29. The maximum absolute atomic E-state index is 12.4. The standard InChI is InChI=1S/C23H28N2O3/c1-2-3-4-7-16-28-21-15-6-5-13-20(21)25-23(27)22(26)24-19-14-9-11-17-10-8-12-18(17)19/h5-6,9,11,13-15H,2-4,7-8,10,12,16H2,1H3,(H,24,26)(H,25,27). The van der Waals surface area contributed by atoms with Crippen LogP contribution in [0, 0.1) is 0 Å². The van der Waals surface area contributed by atoms with Gasteiger partial charge in [-0.2, -0.15) is 0 Å². The van der Waals surface area contributed by atoms with Crippen LogP contribution in [0.15, 0.2) is 42.5 Å². The summed E-state index contributed by atoms with van der Waals surface area (Å²) in [6.07, 6.45) is 7.48. The van der Waals surface area contributed by atoms with E-state index >= 15 is 0 Å². The minimum absolute atomic E-state index is 0.511. The molecule has 0 unspecified atom stereocenters. The average Bonchev–Trinajstić information content (AvgIpc) is 3.19. The van der Waals surface area contributed by atoms with E-state index in [-0.39, 0.29) is 0 Å². The van der Waals surface area contributed by atoms with E-state index in [2.05, 4.69) is 23.6 Å². The van der Waals surface area contributed by atoms with Crippen LogP contribution >= 0.6 is 0 Å². The van der Waals surface area contributed by atoms with E-state index in [1.165, 1.54) is 18.4 Å². The number of amides is 2. The summed E-state index contributed by atoms with van der Waals surface area (Å²) >= 11 is 0. The summed E-state index contributed by atoms with van der Waals surface area (Å²) in [6.45, 7) is 2.76. The zero-order valence-corrected chi connectivity index (χ0v) is 16.4. The van der Waals surface area contributed by atoms with Crippen molar-refractivity contribution in [3.63, 3.8) is 0 Å². The molecule has 0 saturated carbocycles. The van der Waals surface area contributed by atoms with Crippen molar-refractivity contribution in [2.45, 2.75) is 51.9 Å². The molecule has 28 heavy (non-hydrogen) atoms. The minimum atomic E-state index is -0.697. The zero-order chi connectivity index (χ0) is 19.8. The second kappa shape index (κ2) is 9.93. The number of benzene rings is 2. The van der Waals surface area contributed by atoms with Gasteiger partial charge in [-0.3, -0.25) is 9.59 Å². The van der Waals surface area contributed by atoms with Crippen LogP contribution in [0.5, 0.6) is 5.75 Å². The van der Waals surface area contributed by atoms with Gasteiger partial charge in [-0.05, 0) is 55.0 Å². The van der Waals surface area contributed by atoms with Crippen molar-refractivity contribution in [2.24, 2.45) is 0 Å². The predicted molar refractivity (Wildman–Crippen MR) is 112 cm³/mol. The number of fused-ring (bicyclic) bond motifs is 1. The largest absolute Gasteiger partial charge is 0.491 e. The van der Waals surface area contributed by atoms with Crippen LogP contribution in [0.2, 0.25) is 0 Å². The molecule has 148 valence electrons. The lowest BCUT2D eigenvalue weighted by atomic mass is 10.1. The maximum Gasteiger partial charge on any atom is 0.314 e. The molecule has 0 spiro atoms. The number of para-hydroxylation sites is 2. The molecule has 2 amide bonds. The third-order valence-electron chi connectivity index (χ3n) is 4.99. The Morgan fingerprint density at radius 2 is 1.64 bits per heavy atom. The first-order chi connectivity index (χ1) is 13.7. The highest BCUT2D eigenvalue weighted by Crippen LogP contribution is 2.29. The number of hydrogen-bond donors (Lipinski definition) is 2. The van der Waals surface area contributed by atoms with Gasteiger partial charge in [0, 0.05) is 5.69 Å². The number of ether oxygens (including phenoxy) is 1. The van der Waals surface area contributed by atoms with E-state index in [4.69, 9.17) is 4.74 Å². The van der Waals surface area contributed by atoms with E-state index in [1.807, 2.05) is 24.3 Å². The zero-order valence-electron chi connectivity index (χ0n) is 16.4. The second-order valence-electron chi connectivity index (χ2n) is 7.11. The SMILES string of the molecule is CCCCCCOc1ccccc1NC(=O)C(=O)Nc1cccc2c1CCC2. The number of hydrogen-bond acceptors (Lipinski definition) is 3. The second-order valence-corrected chi connectivity index (χ2v) is 7.11. The van der Waals surface area contributed by atoms with Gasteiger partial charge in [0.25, 0.3) is 0 Å². The monoisotopic (exact) mass is 380 g/mol. The molecule has 1 aliphatic rings. The van der Waals surface area contributed by atoms with Crippen LogP contribution in [-0.4, -0.2) is 18.4 Å². The van der Waals surface area contributed by atoms with E-state index in [9.17, 15) is 9.59 Å². The van der Waals surface area contributed by atoms with Gasteiger partial charge in [-0.1, -0.05) is 50.5 Å². The summed E-state index contributed by atoms with van der Waals surface area (Å²) in [5.41, 5.74) is 3.63. The smallest absolute Gasteiger partial charge is 0.314 e. The molecular formula is C23H28N2O3. The summed E-state index contributed by atoms with van der Waals surface area (Å²) < 4.78 is 5.80. The lowest BCUT2D eigenvalue weighted by Gasteiger charge is -2.13. The van der Waals surface area contributed by atoms with Gasteiger partial charge >= 0.3 is 11.8 Å². The quantitative estimate of drug-likeness (QED) is 0.515. The van der Waals surface area contributed by atoms with Gasteiger partial charge in [-0.15, -0.1) is 0 Å². The Morgan fingerprint density at radius 3 is 2.46 bits per heavy atom. The molecule has 2 N–H and O–H groups in total. The summed E-state index contributed by atoms with van der Waals surface area (Å²) in [7, 11) is 0. The van der Waals surface area contributed by atoms with E-state index < -0.39 is 11.8 Å². The molecule has 0 aliphatic heterocycles. The number of carbonyl (C=O) groups is 2. The van der Waals surface area contributed by atoms with Crippen LogP contribution in [0.4, 0.5) is 11.4 Å². The molecular weight excluding hydrogens is 352 g/mol. The fourth-order valence-electron chi connectivity index (χ4n) is 3.50. The molecule has 3 rings (SSSR count). The van der Waals surface area contributed by atoms with Crippen LogP contribution in [-0.2, 0) is 22.4 Å². The summed E-state index contributed by atoms with van der Waals surface area (Å²) in [4.78, 5) is 24.8. The van der Waals surface area contributed by atoms with Crippen molar-refractivity contribution in [1.82, 2.24) is 0 Å². The lowest BCUT2D eigenvalue weighted by molar-refractivity contribution is -0.133. The highest BCUT2D eigenvalue weighted by atomic mass is 16.5. The van der Waals surface area contributed by atoms with Crippen LogP contribution in [0.3, 0.4) is 0 Å². The van der Waals surface area contributed by atoms with E-state index in [0.717, 1.165) is 43.4 Å². The van der Waals surface area contributed by atoms with Gasteiger partial charge in [0.2, 0.25) is 0 Å². The summed E-state index contributed by atoms with van der Waals surface area (Å²) in [5, 5.41) is 5.43. The van der Waals surface area contributed by atoms with Crippen LogP contribution in [0.1, 0.15) is 50.2 Å². The van der Waals surface area contributed by atoms with Crippen molar-refractivity contribution in [3.8, 4) is 5.75 Å². The number of unbranched alkanes of at least 4 members (excludes halogenated alkanes) is 3. The van der Waals surface area contributed by atoms with Crippen molar-refractivity contribution < 1.29 is 14.3 Å². The number of anilines is 2. The molecule has 2 aromatic rings. The number of rotatable bonds is 8. The molecule has 5 heteroatoms. The molecule has 1 aliphatic carbocycles. The van der Waals surface area contributed by atoms with Crippen LogP contribution < -0.4 is 15.4 Å². The Labute approximate surface area is 166 Å². The van der Waals surface area contributed by atoms with Crippen molar-refractivity contribution in [2.75, 3.05) is 17.2 Å². The molecule has 0 radical (unpaired) electrons. The van der Waals surface area contributed by atoms with Crippen LogP contribution in [0.25, 0.3) is 0 Å². The van der Waals surface area contributed by atoms with Crippen molar-refractivity contribution in [3.05, 3.63) is 53.6 Å². The van der Waals surface area contributed by atoms with Crippen molar-refractivity contribution >= 4 is 23.2 Å². The van der Waals surface area contributed by atoms with E-state index in [1.54, 1.807) is 12.1 Å². The third kappa shape index (κ3) is 5.12. The maximum atomic E-state index is 12.4. The number of aryl methyl sites for hydroxylation is 1. The first-order valence-electron chi connectivity index (χ1n) is 10.1. The Balaban J connectivity index is 1.58. The fourth-order valence-corrected chi connectivity index (χ4v) is 3.50. The first-order valence-corrected chi connectivity index (χ1v) is 10.1. The normalized spacial score (nSPS) is 12.3. The summed E-state index contributed by atoms with van der Waals surface area (Å²) in [5.74, 6) is -0.781. The highest BCUT2D eigenvalue weighted by molar-refractivity contribution is 6.43. The molecule has 0 bridgehead atoms. The molecule has 5 nitrogen and oxygen atoms in total. The highest BCUT2D eigenvalue weighted by Gasteiger charge is 2.20. The Bertz CT molecular complexity index is 832. The Hall–Kier alpha value is -2.82. The molecule has 2 aromatic carbocycles. The topological polar surface area (TPSA) is 67.4 Å². The number of carbonyl (C=O) groups excluding carboxylic acids is 2. The molecule has 0 aromatic heterocycles. The Kier molecular flexibility index (Phi) is 7.06. The first kappa shape index (κ1) is 19.9. The van der Waals surface area contributed by atoms with Gasteiger partial charge in [0.1, 0.15) is 5.75 Å². The summed E-state index contributed by atoms with van der Waals surface area (Å²) in [6, 6.07) is 13.0. The number of nitrogens with one attached hydrogen (secondary N) is 2. The Morgan fingerprint density at radius 1 is 0.893 bits per heavy atom. The molecule has 0 fully saturated rings. The predicted octanol–water partition coefficient (Wildman–Crippen LogP) is 4.71. The van der Waals surface area contributed by atoms with E-state index in [0.29, 0.717) is 18.0 Å². The average molecular weight is 380 g/mol. The van der Waals surface area contributed by atoms with Gasteiger partial charge in [0.05, 0.1) is 12.3 Å². The van der Waals surface area contributed by atoms with Gasteiger partial charge in [0.15, 0.2) is 0 Å². The van der Waals surface area contributed by atoms with Gasteiger partial charge in [-0.25, -0.2) is 0 Å². The molecule has 0 atom stereocenters. The van der Waals surface area contributed by atoms with Gasteiger partial charge < -0.3 is 15.4 Å². The molecule has 0 saturated heterocycles. The minimum Gasteiger partial charge on any atom is -0.491 e. The third-order valence-corrected chi connectivity index (χ3v) is 4.99. The fraction of sp³-hybridized carbons (Fsp3) is 0.391. The van der Waals surface area contributed by atoms with Crippen molar-refractivity contribution in [1.29, 1.82) is 0 Å². The molecule has 0 heterocycles.